The van der Waals surface area contributed by atoms with E-state index in [0.29, 0.717) is 22.4 Å². The number of carboxylic acid groups (broad SMARTS) is 1. The van der Waals surface area contributed by atoms with E-state index in [1.54, 1.807) is 6.07 Å². The summed E-state index contributed by atoms with van der Waals surface area (Å²) in [6.07, 6.45) is 0.428. The fourth-order valence-corrected chi connectivity index (χ4v) is 3.33. The fraction of sp³-hybridized carbons (Fsp3) is 0.300. The molecule has 1 atom stereocenters. The van der Waals surface area contributed by atoms with E-state index in [2.05, 4.69) is 0 Å². The Labute approximate surface area is 92.8 Å². The number of carboxylic acids is 1. The van der Waals surface area contributed by atoms with Gasteiger partial charge in [0.05, 0.1) is 10.6 Å². The summed E-state index contributed by atoms with van der Waals surface area (Å²) in [5.74, 6) is -1.03. The van der Waals surface area contributed by atoms with Crippen molar-refractivity contribution < 1.29 is 18.3 Å². The minimum absolute atomic E-state index is 0.0914. The highest BCUT2D eigenvalue weighted by Crippen LogP contribution is 2.28. The third kappa shape index (κ3) is 1.70. The number of aryl methyl sites for hydroxylation is 1. The van der Waals surface area contributed by atoms with Crippen molar-refractivity contribution in [3.63, 3.8) is 0 Å². The van der Waals surface area contributed by atoms with E-state index >= 15 is 0 Å². The number of rotatable bonds is 2. The van der Waals surface area contributed by atoms with Crippen molar-refractivity contribution in [3.8, 4) is 0 Å². The molecule has 1 heterocycles. The first-order chi connectivity index (χ1) is 7.42. The number of fused-ring (bicyclic) bond motifs is 1. The van der Waals surface area contributed by atoms with E-state index in [4.69, 9.17) is 10.8 Å². The van der Waals surface area contributed by atoms with Gasteiger partial charge in [-0.15, -0.1) is 0 Å². The van der Waals surface area contributed by atoms with Gasteiger partial charge >= 0.3 is 5.97 Å². The second-order valence-electron chi connectivity index (χ2n) is 3.75. The summed E-state index contributed by atoms with van der Waals surface area (Å²) in [7, 11) is -3.16. The predicted molar refractivity (Wildman–Crippen MR) is 56.8 cm³/mol. The van der Waals surface area contributed by atoms with Crippen LogP contribution in [-0.2, 0) is 21.1 Å². The van der Waals surface area contributed by atoms with Gasteiger partial charge in [0.2, 0.25) is 0 Å². The van der Waals surface area contributed by atoms with Gasteiger partial charge in [0.15, 0.2) is 9.84 Å². The second-order valence-corrected chi connectivity index (χ2v) is 5.83. The molecule has 0 amide bonds. The Hall–Kier alpha value is -1.40. The number of hydrogen-bond acceptors (Lipinski definition) is 4. The molecule has 0 bridgehead atoms. The quantitative estimate of drug-likeness (QED) is 0.765. The molecule has 2 rings (SSSR count). The number of sulfone groups is 1. The zero-order valence-electron chi connectivity index (χ0n) is 8.38. The Kier molecular flexibility index (Phi) is 2.47. The molecule has 0 saturated carbocycles. The lowest BCUT2D eigenvalue weighted by Gasteiger charge is -2.08. The molecule has 0 spiro atoms. The van der Waals surface area contributed by atoms with Crippen LogP contribution in [0.5, 0.6) is 0 Å². The molecule has 86 valence electrons. The van der Waals surface area contributed by atoms with Crippen LogP contribution in [0.3, 0.4) is 0 Å². The van der Waals surface area contributed by atoms with Crippen LogP contribution in [0.15, 0.2) is 23.1 Å². The molecule has 0 fully saturated rings. The number of benzene rings is 1. The van der Waals surface area contributed by atoms with Crippen LogP contribution in [0.4, 0.5) is 0 Å². The van der Waals surface area contributed by atoms with Gasteiger partial charge in [-0.25, -0.2) is 8.42 Å². The summed E-state index contributed by atoms with van der Waals surface area (Å²) in [5, 5.41) is 8.74. The molecule has 1 aromatic rings. The molecule has 0 aromatic heterocycles. The van der Waals surface area contributed by atoms with Crippen LogP contribution in [0.25, 0.3) is 0 Å². The van der Waals surface area contributed by atoms with Crippen LogP contribution >= 0.6 is 0 Å². The maximum absolute atomic E-state index is 11.5. The maximum atomic E-state index is 11.5. The minimum Gasteiger partial charge on any atom is -0.480 e. The van der Waals surface area contributed by atoms with Gasteiger partial charge < -0.3 is 10.8 Å². The number of carbonyl (C=O) groups is 1. The van der Waals surface area contributed by atoms with Crippen molar-refractivity contribution >= 4 is 15.8 Å². The standard InChI is InChI=1S/C10H11NO4S/c11-9(10(12)13)7-1-2-8-6(5-7)3-4-16(8,14)15/h1-2,5,9H,3-4,11H2,(H,12,13). The Morgan fingerprint density at radius 3 is 2.75 bits per heavy atom. The molecule has 1 unspecified atom stereocenters. The van der Waals surface area contributed by atoms with E-state index in [-0.39, 0.29) is 5.75 Å². The Balaban J connectivity index is 2.47. The molecule has 1 aliphatic heterocycles. The zero-order valence-corrected chi connectivity index (χ0v) is 9.20. The highest BCUT2D eigenvalue weighted by Gasteiger charge is 2.27. The minimum atomic E-state index is -3.16. The van der Waals surface area contributed by atoms with E-state index in [1.165, 1.54) is 12.1 Å². The van der Waals surface area contributed by atoms with Gasteiger partial charge in [-0.2, -0.15) is 0 Å². The lowest BCUT2D eigenvalue weighted by atomic mass is 10.0. The highest BCUT2D eigenvalue weighted by molar-refractivity contribution is 7.91. The molecule has 0 radical (unpaired) electrons. The summed E-state index contributed by atoms with van der Waals surface area (Å²) in [6, 6.07) is 3.36. The molecule has 0 saturated heterocycles. The third-order valence-electron chi connectivity index (χ3n) is 2.68. The summed E-state index contributed by atoms with van der Waals surface area (Å²) >= 11 is 0. The molecule has 16 heavy (non-hydrogen) atoms. The predicted octanol–water partition coefficient (Wildman–Crippen LogP) is 0.101. The van der Waals surface area contributed by atoms with E-state index in [9.17, 15) is 13.2 Å². The fourth-order valence-electron chi connectivity index (χ4n) is 1.79. The molecule has 6 heteroatoms. The van der Waals surface area contributed by atoms with Crippen molar-refractivity contribution in [3.05, 3.63) is 29.3 Å². The number of hydrogen-bond donors (Lipinski definition) is 2. The lowest BCUT2D eigenvalue weighted by molar-refractivity contribution is -0.138. The van der Waals surface area contributed by atoms with Crippen LogP contribution in [0.2, 0.25) is 0 Å². The monoisotopic (exact) mass is 241 g/mol. The topological polar surface area (TPSA) is 97.5 Å². The van der Waals surface area contributed by atoms with Crippen molar-refractivity contribution in [2.75, 3.05) is 5.75 Å². The van der Waals surface area contributed by atoms with Crippen molar-refractivity contribution in [2.24, 2.45) is 5.73 Å². The van der Waals surface area contributed by atoms with E-state index in [1.807, 2.05) is 0 Å². The average Bonchev–Trinajstić information content (AvgIpc) is 2.53. The van der Waals surface area contributed by atoms with Crippen LogP contribution in [0.1, 0.15) is 17.2 Å². The first kappa shape index (κ1) is 11.1. The van der Waals surface area contributed by atoms with Gasteiger partial charge in [0.25, 0.3) is 0 Å². The van der Waals surface area contributed by atoms with Gasteiger partial charge in [0.1, 0.15) is 6.04 Å². The van der Waals surface area contributed by atoms with Crippen LogP contribution in [0, 0.1) is 0 Å². The smallest absolute Gasteiger partial charge is 0.325 e. The third-order valence-corrected chi connectivity index (χ3v) is 4.49. The Morgan fingerprint density at radius 1 is 1.44 bits per heavy atom. The molecule has 1 aromatic carbocycles. The van der Waals surface area contributed by atoms with Gasteiger partial charge in [0, 0.05) is 0 Å². The van der Waals surface area contributed by atoms with Crippen molar-refractivity contribution in [2.45, 2.75) is 17.4 Å². The molecular formula is C10H11NO4S. The molecule has 5 nitrogen and oxygen atoms in total. The van der Waals surface area contributed by atoms with Gasteiger partial charge in [-0.3, -0.25) is 4.79 Å². The van der Waals surface area contributed by atoms with Gasteiger partial charge in [-0.1, -0.05) is 12.1 Å². The van der Waals surface area contributed by atoms with E-state index < -0.39 is 21.8 Å². The molecule has 1 aliphatic rings. The molecular weight excluding hydrogens is 230 g/mol. The molecule has 3 N–H and O–H groups in total. The Bertz CT molecular complexity index is 550. The summed E-state index contributed by atoms with van der Waals surface area (Å²) in [5.41, 5.74) is 6.55. The van der Waals surface area contributed by atoms with E-state index in [0.717, 1.165) is 0 Å². The normalized spacial score (nSPS) is 19.1. The lowest BCUT2D eigenvalue weighted by Crippen LogP contribution is -2.20. The summed E-state index contributed by atoms with van der Waals surface area (Å²) in [4.78, 5) is 11.0. The number of nitrogens with two attached hydrogens (primary N) is 1. The largest absolute Gasteiger partial charge is 0.480 e. The van der Waals surface area contributed by atoms with Crippen LogP contribution < -0.4 is 5.73 Å². The summed E-state index contributed by atoms with van der Waals surface area (Å²) < 4.78 is 23.0. The highest BCUT2D eigenvalue weighted by atomic mass is 32.2. The average molecular weight is 241 g/mol. The SMILES string of the molecule is NC(C(=O)O)c1ccc2c(c1)CCS2(=O)=O. The molecule has 0 aliphatic carbocycles. The first-order valence-corrected chi connectivity index (χ1v) is 6.41. The summed E-state index contributed by atoms with van der Waals surface area (Å²) in [6.45, 7) is 0. The van der Waals surface area contributed by atoms with Crippen LogP contribution in [-0.4, -0.2) is 25.2 Å². The Morgan fingerprint density at radius 2 is 2.12 bits per heavy atom. The number of aliphatic carboxylic acids is 1. The van der Waals surface area contributed by atoms with Crippen molar-refractivity contribution in [1.82, 2.24) is 0 Å². The first-order valence-electron chi connectivity index (χ1n) is 4.76. The van der Waals surface area contributed by atoms with Crippen molar-refractivity contribution in [1.29, 1.82) is 0 Å². The van der Waals surface area contributed by atoms with Gasteiger partial charge in [-0.05, 0) is 23.6 Å². The second kappa shape index (κ2) is 3.57. The zero-order chi connectivity index (χ0) is 11.9. The maximum Gasteiger partial charge on any atom is 0.325 e.